The van der Waals surface area contributed by atoms with Crippen LogP contribution in [-0.4, -0.2) is 30.1 Å². The van der Waals surface area contributed by atoms with E-state index in [0.29, 0.717) is 31.0 Å². The van der Waals surface area contributed by atoms with Gasteiger partial charge in [-0.15, -0.1) is 0 Å². The van der Waals surface area contributed by atoms with E-state index < -0.39 is 18.5 Å². The van der Waals surface area contributed by atoms with Crippen molar-refractivity contribution >= 4 is 5.91 Å². The van der Waals surface area contributed by atoms with E-state index in [4.69, 9.17) is 4.74 Å². The molecule has 0 saturated carbocycles. The summed E-state index contributed by atoms with van der Waals surface area (Å²) in [6, 6.07) is 11.2. The van der Waals surface area contributed by atoms with Crippen LogP contribution in [0.1, 0.15) is 49.8 Å². The number of alkyl halides is 4. The molecule has 4 nitrogen and oxygen atoms in total. The Bertz CT molecular complexity index is 931. The maximum atomic E-state index is 13.8. The molecular weight excluding hydrogens is 426 g/mol. The fourth-order valence-electron chi connectivity index (χ4n) is 3.46. The standard InChI is InChI=1S/C24H27F4NO3/c1-3-23(25,26)19-6-9-20(10-7-19)32-21-8-5-17-11-13-29(16-18(17)15-21)22(30)12-14-31-24(27,28)4-2/h5-10,15H,3-4,11-14,16H2,1-2H3. The molecule has 174 valence electrons. The summed E-state index contributed by atoms with van der Waals surface area (Å²) in [7, 11) is 0. The molecule has 0 saturated heterocycles. The third-order valence-electron chi connectivity index (χ3n) is 5.54. The highest BCUT2D eigenvalue weighted by molar-refractivity contribution is 5.76. The first-order valence-electron chi connectivity index (χ1n) is 10.7. The van der Waals surface area contributed by atoms with Gasteiger partial charge in [-0.25, -0.2) is 8.78 Å². The molecule has 1 heterocycles. The highest BCUT2D eigenvalue weighted by Crippen LogP contribution is 2.33. The van der Waals surface area contributed by atoms with Crippen LogP contribution in [-0.2, 0) is 28.4 Å². The second-order valence-corrected chi connectivity index (χ2v) is 7.77. The Kier molecular flexibility index (Phi) is 7.44. The SMILES string of the molecule is CCC(F)(F)OCCC(=O)N1CCc2ccc(Oc3ccc(C(F)(F)CC)cc3)cc2C1. The van der Waals surface area contributed by atoms with Crippen LogP contribution < -0.4 is 4.74 Å². The molecule has 0 aliphatic carbocycles. The van der Waals surface area contributed by atoms with Crippen molar-refractivity contribution in [1.82, 2.24) is 4.90 Å². The van der Waals surface area contributed by atoms with Crippen LogP contribution in [0, 0.1) is 0 Å². The Morgan fingerprint density at radius 3 is 2.31 bits per heavy atom. The molecule has 1 aliphatic rings. The summed E-state index contributed by atoms with van der Waals surface area (Å²) in [5.41, 5.74) is 1.91. The molecule has 2 aromatic rings. The average molecular weight is 453 g/mol. The van der Waals surface area contributed by atoms with Crippen LogP contribution in [0.5, 0.6) is 11.5 Å². The van der Waals surface area contributed by atoms with Gasteiger partial charge in [-0.1, -0.05) is 19.9 Å². The summed E-state index contributed by atoms with van der Waals surface area (Å²) in [4.78, 5) is 14.0. The van der Waals surface area contributed by atoms with E-state index >= 15 is 0 Å². The molecule has 0 N–H and O–H groups in total. The molecule has 0 atom stereocenters. The molecular formula is C24H27F4NO3. The molecule has 32 heavy (non-hydrogen) atoms. The highest BCUT2D eigenvalue weighted by atomic mass is 19.3. The lowest BCUT2D eigenvalue weighted by molar-refractivity contribution is -0.239. The normalized spacial score (nSPS) is 14.2. The van der Waals surface area contributed by atoms with Crippen LogP contribution in [0.25, 0.3) is 0 Å². The molecule has 0 spiro atoms. The van der Waals surface area contributed by atoms with Gasteiger partial charge in [-0.05, 0) is 53.9 Å². The number of amides is 1. The van der Waals surface area contributed by atoms with Gasteiger partial charge in [0.15, 0.2) is 0 Å². The molecule has 3 rings (SSSR count). The van der Waals surface area contributed by atoms with Gasteiger partial charge in [0.25, 0.3) is 5.92 Å². The zero-order chi connectivity index (χ0) is 23.4. The molecule has 0 radical (unpaired) electrons. The summed E-state index contributed by atoms with van der Waals surface area (Å²) in [5, 5.41) is 0. The van der Waals surface area contributed by atoms with Crippen LogP contribution in [0.3, 0.4) is 0 Å². The fourth-order valence-corrected chi connectivity index (χ4v) is 3.46. The van der Waals surface area contributed by atoms with Gasteiger partial charge in [0, 0.05) is 31.5 Å². The summed E-state index contributed by atoms with van der Waals surface area (Å²) in [6.07, 6.45) is -3.40. The van der Waals surface area contributed by atoms with Gasteiger partial charge < -0.3 is 14.4 Å². The van der Waals surface area contributed by atoms with Crippen molar-refractivity contribution in [3.63, 3.8) is 0 Å². The second-order valence-electron chi connectivity index (χ2n) is 7.77. The number of carbonyl (C=O) groups excluding carboxylic acids is 1. The zero-order valence-electron chi connectivity index (χ0n) is 18.2. The molecule has 8 heteroatoms. The summed E-state index contributed by atoms with van der Waals surface area (Å²) in [5.74, 6) is -2.17. The third-order valence-corrected chi connectivity index (χ3v) is 5.54. The quantitative estimate of drug-likeness (QED) is 0.420. The van der Waals surface area contributed by atoms with Crippen molar-refractivity contribution in [3.05, 3.63) is 59.2 Å². The molecule has 0 fully saturated rings. The Hall–Kier alpha value is -2.61. The minimum absolute atomic E-state index is 0.0624. The first-order valence-corrected chi connectivity index (χ1v) is 10.7. The van der Waals surface area contributed by atoms with E-state index in [-0.39, 0.29) is 30.9 Å². The number of carbonyl (C=O) groups is 1. The minimum atomic E-state index is -3.22. The molecule has 1 amide bonds. The van der Waals surface area contributed by atoms with Crippen LogP contribution >= 0.6 is 0 Å². The molecule has 1 aliphatic heterocycles. The number of ether oxygens (including phenoxy) is 2. The zero-order valence-corrected chi connectivity index (χ0v) is 18.2. The van der Waals surface area contributed by atoms with Gasteiger partial charge in [0.1, 0.15) is 11.5 Å². The van der Waals surface area contributed by atoms with E-state index in [1.165, 1.54) is 38.1 Å². The topological polar surface area (TPSA) is 38.8 Å². The van der Waals surface area contributed by atoms with Gasteiger partial charge in [-0.2, -0.15) is 8.78 Å². The maximum Gasteiger partial charge on any atom is 0.355 e. The van der Waals surface area contributed by atoms with E-state index in [2.05, 4.69) is 4.74 Å². The molecule has 0 unspecified atom stereocenters. The van der Waals surface area contributed by atoms with Crippen molar-refractivity contribution in [1.29, 1.82) is 0 Å². The lowest BCUT2D eigenvalue weighted by Gasteiger charge is -2.29. The van der Waals surface area contributed by atoms with Gasteiger partial charge in [-0.3, -0.25) is 4.79 Å². The van der Waals surface area contributed by atoms with Crippen LogP contribution in [0.4, 0.5) is 17.6 Å². The Morgan fingerprint density at radius 1 is 0.969 bits per heavy atom. The second kappa shape index (κ2) is 9.90. The highest BCUT2D eigenvalue weighted by Gasteiger charge is 2.29. The third kappa shape index (κ3) is 6.00. The number of hydrogen-bond acceptors (Lipinski definition) is 3. The minimum Gasteiger partial charge on any atom is -0.457 e. The Morgan fingerprint density at radius 2 is 1.66 bits per heavy atom. The lowest BCUT2D eigenvalue weighted by atomic mass is 9.99. The number of nitrogens with zero attached hydrogens (tertiary/aromatic N) is 1. The predicted octanol–water partition coefficient (Wildman–Crippen LogP) is 6.27. The number of benzene rings is 2. The molecule has 0 aromatic heterocycles. The van der Waals surface area contributed by atoms with Gasteiger partial charge in [0.2, 0.25) is 5.91 Å². The largest absolute Gasteiger partial charge is 0.457 e. The van der Waals surface area contributed by atoms with E-state index in [9.17, 15) is 22.4 Å². The maximum absolute atomic E-state index is 13.8. The van der Waals surface area contributed by atoms with Crippen molar-refractivity contribution in [2.24, 2.45) is 0 Å². The smallest absolute Gasteiger partial charge is 0.355 e. The summed E-state index contributed by atoms with van der Waals surface area (Å²) in [6.45, 7) is 3.26. The number of hydrogen-bond donors (Lipinski definition) is 0. The predicted molar refractivity (Wildman–Crippen MR) is 112 cm³/mol. The van der Waals surface area contributed by atoms with Crippen LogP contribution in [0.2, 0.25) is 0 Å². The fraction of sp³-hybridized carbons (Fsp3) is 0.458. The van der Waals surface area contributed by atoms with Crippen molar-refractivity contribution in [3.8, 4) is 11.5 Å². The lowest BCUT2D eigenvalue weighted by Crippen LogP contribution is -2.36. The average Bonchev–Trinajstić information content (AvgIpc) is 2.78. The Labute approximate surface area is 185 Å². The molecule has 2 aromatic carbocycles. The monoisotopic (exact) mass is 453 g/mol. The number of rotatable bonds is 9. The van der Waals surface area contributed by atoms with Crippen molar-refractivity contribution < 1.29 is 31.8 Å². The Balaban J connectivity index is 1.61. The van der Waals surface area contributed by atoms with Crippen LogP contribution in [0.15, 0.2) is 42.5 Å². The first-order chi connectivity index (χ1) is 15.1. The van der Waals surface area contributed by atoms with E-state index in [0.717, 1.165) is 11.1 Å². The van der Waals surface area contributed by atoms with Gasteiger partial charge >= 0.3 is 6.11 Å². The first kappa shape index (κ1) is 24.0. The number of fused-ring (bicyclic) bond motifs is 1. The van der Waals surface area contributed by atoms with E-state index in [1.807, 2.05) is 12.1 Å². The number of halogens is 4. The van der Waals surface area contributed by atoms with Crippen molar-refractivity contribution in [2.75, 3.05) is 13.2 Å². The summed E-state index contributed by atoms with van der Waals surface area (Å²) >= 11 is 0. The van der Waals surface area contributed by atoms with E-state index in [1.54, 1.807) is 11.0 Å². The summed E-state index contributed by atoms with van der Waals surface area (Å²) < 4.78 is 64.2. The molecule has 0 bridgehead atoms. The van der Waals surface area contributed by atoms with Gasteiger partial charge in [0.05, 0.1) is 13.0 Å². The van der Waals surface area contributed by atoms with Crippen molar-refractivity contribution in [2.45, 2.75) is 58.1 Å².